The maximum absolute atomic E-state index is 11.7. The number of ether oxygens (including phenoxy) is 1. The number of morpholine rings is 1. The van der Waals surface area contributed by atoms with Crippen LogP contribution < -0.4 is 5.32 Å². The van der Waals surface area contributed by atoms with Crippen molar-refractivity contribution in [2.45, 2.75) is 20.0 Å². The summed E-state index contributed by atoms with van der Waals surface area (Å²) in [5, 5.41) is 3.06. The van der Waals surface area contributed by atoms with Crippen LogP contribution in [-0.2, 0) is 9.53 Å². The Kier molecular flexibility index (Phi) is 4.35. The van der Waals surface area contributed by atoms with Gasteiger partial charge in [0, 0.05) is 25.6 Å². The van der Waals surface area contributed by atoms with Crippen LogP contribution in [0.25, 0.3) is 0 Å². The third kappa shape index (κ3) is 2.96. The van der Waals surface area contributed by atoms with E-state index in [-0.39, 0.29) is 17.9 Å². The second-order valence-electron chi connectivity index (χ2n) is 3.99. The van der Waals surface area contributed by atoms with Crippen molar-refractivity contribution < 1.29 is 9.53 Å². The fourth-order valence-electron chi connectivity index (χ4n) is 1.64. The molecule has 4 nitrogen and oxygen atoms in total. The second-order valence-corrected chi connectivity index (χ2v) is 3.99. The molecule has 0 aromatic heterocycles. The summed E-state index contributed by atoms with van der Waals surface area (Å²) in [4.78, 5) is 13.6. The highest BCUT2D eigenvalue weighted by atomic mass is 16.5. The molecule has 0 spiro atoms. The SMILES string of the molecule is CNCC1CN(C(=O)C(C)C)CCO1. The first-order valence-corrected chi connectivity index (χ1v) is 5.20. The third-order valence-corrected chi connectivity index (χ3v) is 2.38. The molecular formula is C10H20N2O2. The molecule has 0 aromatic rings. The number of hydrogen-bond donors (Lipinski definition) is 1. The van der Waals surface area contributed by atoms with Gasteiger partial charge in [-0.25, -0.2) is 0 Å². The van der Waals surface area contributed by atoms with E-state index in [4.69, 9.17) is 4.74 Å². The molecule has 0 radical (unpaired) electrons. The van der Waals surface area contributed by atoms with Crippen LogP contribution >= 0.6 is 0 Å². The van der Waals surface area contributed by atoms with Crippen molar-refractivity contribution in [2.75, 3.05) is 33.3 Å². The minimum absolute atomic E-state index is 0.0864. The van der Waals surface area contributed by atoms with E-state index in [0.717, 1.165) is 19.6 Å². The summed E-state index contributed by atoms with van der Waals surface area (Å²) in [5.74, 6) is 0.317. The van der Waals surface area contributed by atoms with Crippen LogP contribution in [0.15, 0.2) is 0 Å². The Morgan fingerprint density at radius 1 is 1.64 bits per heavy atom. The summed E-state index contributed by atoms with van der Waals surface area (Å²) in [6.07, 6.45) is 0.149. The Morgan fingerprint density at radius 3 is 2.93 bits per heavy atom. The van der Waals surface area contributed by atoms with E-state index in [1.54, 1.807) is 0 Å². The van der Waals surface area contributed by atoms with Crippen LogP contribution in [0, 0.1) is 5.92 Å². The number of nitrogens with one attached hydrogen (secondary N) is 1. The molecule has 1 amide bonds. The Balaban J connectivity index is 2.43. The molecule has 1 N–H and O–H groups in total. The molecule has 0 bridgehead atoms. The van der Waals surface area contributed by atoms with E-state index in [2.05, 4.69) is 5.32 Å². The molecule has 1 rings (SSSR count). The third-order valence-electron chi connectivity index (χ3n) is 2.38. The van der Waals surface area contributed by atoms with Crippen molar-refractivity contribution in [2.24, 2.45) is 5.92 Å². The van der Waals surface area contributed by atoms with Crippen LogP contribution in [-0.4, -0.2) is 50.2 Å². The van der Waals surface area contributed by atoms with Crippen molar-refractivity contribution in [3.05, 3.63) is 0 Å². The van der Waals surface area contributed by atoms with Crippen molar-refractivity contribution in [1.29, 1.82) is 0 Å². The van der Waals surface area contributed by atoms with Crippen molar-refractivity contribution in [3.8, 4) is 0 Å². The first kappa shape index (κ1) is 11.5. The first-order chi connectivity index (χ1) is 6.65. The number of likely N-dealkylation sites (N-methyl/N-ethyl adjacent to an activating group) is 1. The maximum atomic E-state index is 11.7. The summed E-state index contributed by atoms with van der Waals surface area (Å²) in [7, 11) is 1.90. The minimum atomic E-state index is 0.0864. The maximum Gasteiger partial charge on any atom is 0.225 e. The lowest BCUT2D eigenvalue weighted by Crippen LogP contribution is -2.49. The van der Waals surface area contributed by atoms with Gasteiger partial charge in [-0.3, -0.25) is 4.79 Å². The van der Waals surface area contributed by atoms with E-state index >= 15 is 0 Å². The molecule has 1 aliphatic heterocycles. The number of carbonyl (C=O) groups is 1. The first-order valence-electron chi connectivity index (χ1n) is 5.20. The molecule has 1 atom stereocenters. The van der Waals surface area contributed by atoms with Gasteiger partial charge >= 0.3 is 0 Å². The molecule has 0 aromatic carbocycles. The Morgan fingerprint density at radius 2 is 2.36 bits per heavy atom. The number of hydrogen-bond acceptors (Lipinski definition) is 3. The van der Waals surface area contributed by atoms with Crippen LogP contribution in [0.1, 0.15) is 13.8 Å². The molecule has 82 valence electrons. The molecule has 1 heterocycles. The zero-order valence-electron chi connectivity index (χ0n) is 9.25. The predicted octanol–water partition coefficient (Wildman–Crippen LogP) is 0.0892. The summed E-state index contributed by atoms with van der Waals surface area (Å²) in [5.41, 5.74) is 0. The highest BCUT2D eigenvalue weighted by molar-refractivity contribution is 5.78. The van der Waals surface area contributed by atoms with Gasteiger partial charge in [0.05, 0.1) is 12.7 Å². The van der Waals surface area contributed by atoms with E-state index in [9.17, 15) is 4.79 Å². The van der Waals surface area contributed by atoms with Crippen molar-refractivity contribution in [3.63, 3.8) is 0 Å². The Hall–Kier alpha value is -0.610. The summed E-state index contributed by atoms with van der Waals surface area (Å²) in [6.45, 7) is 6.79. The Bertz CT molecular complexity index is 193. The van der Waals surface area contributed by atoms with Gasteiger partial charge in [-0.1, -0.05) is 13.8 Å². The zero-order chi connectivity index (χ0) is 10.6. The molecule has 0 saturated carbocycles. The molecule has 1 fully saturated rings. The van der Waals surface area contributed by atoms with Crippen molar-refractivity contribution >= 4 is 5.91 Å². The standard InChI is InChI=1S/C10H20N2O2/c1-8(2)10(13)12-4-5-14-9(7-12)6-11-3/h8-9,11H,4-7H2,1-3H3. The number of amides is 1. The fourth-order valence-corrected chi connectivity index (χ4v) is 1.64. The van der Waals surface area contributed by atoms with E-state index in [0.29, 0.717) is 6.61 Å². The zero-order valence-corrected chi connectivity index (χ0v) is 9.25. The summed E-state index contributed by atoms with van der Waals surface area (Å²) in [6, 6.07) is 0. The molecule has 1 aliphatic rings. The molecule has 4 heteroatoms. The molecule has 0 aliphatic carbocycles. The molecule has 1 saturated heterocycles. The van der Waals surface area contributed by atoms with Gasteiger partial charge in [0.2, 0.25) is 5.91 Å². The van der Waals surface area contributed by atoms with Crippen LogP contribution in [0.3, 0.4) is 0 Å². The smallest absolute Gasteiger partial charge is 0.225 e. The molecule has 1 unspecified atom stereocenters. The minimum Gasteiger partial charge on any atom is -0.373 e. The fraction of sp³-hybridized carbons (Fsp3) is 0.900. The van der Waals surface area contributed by atoms with Gasteiger partial charge in [-0.15, -0.1) is 0 Å². The van der Waals surface area contributed by atoms with Crippen LogP contribution in [0.4, 0.5) is 0 Å². The van der Waals surface area contributed by atoms with Gasteiger partial charge in [0.1, 0.15) is 0 Å². The highest BCUT2D eigenvalue weighted by Gasteiger charge is 2.24. The van der Waals surface area contributed by atoms with Gasteiger partial charge in [0.15, 0.2) is 0 Å². The lowest BCUT2D eigenvalue weighted by atomic mass is 10.1. The number of rotatable bonds is 3. The van der Waals surface area contributed by atoms with Gasteiger partial charge in [-0.2, -0.15) is 0 Å². The average molecular weight is 200 g/mol. The van der Waals surface area contributed by atoms with E-state index < -0.39 is 0 Å². The van der Waals surface area contributed by atoms with E-state index in [1.807, 2.05) is 25.8 Å². The lowest BCUT2D eigenvalue weighted by Gasteiger charge is -2.33. The van der Waals surface area contributed by atoms with Gasteiger partial charge in [0.25, 0.3) is 0 Å². The highest BCUT2D eigenvalue weighted by Crippen LogP contribution is 2.08. The number of nitrogens with zero attached hydrogens (tertiary/aromatic N) is 1. The molecular weight excluding hydrogens is 180 g/mol. The average Bonchev–Trinajstić information content (AvgIpc) is 2.17. The van der Waals surface area contributed by atoms with E-state index in [1.165, 1.54) is 0 Å². The van der Waals surface area contributed by atoms with Crippen LogP contribution in [0.5, 0.6) is 0 Å². The molecule has 14 heavy (non-hydrogen) atoms. The Labute approximate surface area is 85.6 Å². The summed E-state index contributed by atoms with van der Waals surface area (Å²) >= 11 is 0. The van der Waals surface area contributed by atoms with Crippen LogP contribution in [0.2, 0.25) is 0 Å². The van der Waals surface area contributed by atoms with Gasteiger partial charge in [-0.05, 0) is 7.05 Å². The predicted molar refractivity (Wildman–Crippen MR) is 55.1 cm³/mol. The summed E-state index contributed by atoms with van der Waals surface area (Å²) < 4.78 is 5.52. The topological polar surface area (TPSA) is 41.6 Å². The normalized spacial score (nSPS) is 22.9. The number of carbonyl (C=O) groups excluding carboxylic acids is 1. The quantitative estimate of drug-likeness (QED) is 0.702. The monoisotopic (exact) mass is 200 g/mol. The second kappa shape index (κ2) is 5.32. The lowest BCUT2D eigenvalue weighted by molar-refractivity contribution is -0.141. The van der Waals surface area contributed by atoms with Crippen molar-refractivity contribution in [1.82, 2.24) is 10.2 Å². The largest absolute Gasteiger partial charge is 0.373 e. The van der Waals surface area contributed by atoms with Gasteiger partial charge < -0.3 is 15.0 Å².